The Bertz CT molecular complexity index is 422. The Balaban J connectivity index is 0.00000200. The second-order valence-corrected chi connectivity index (χ2v) is 4.99. The Morgan fingerprint density at radius 1 is 1.29 bits per heavy atom. The lowest BCUT2D eigenvalue weighted by Crippen LogP contribution is -2.49. The molecule has 0 bridgehead atoms. The first-order chi connectivity index (χ1) is 9.20. The number of hydrogen-bond donors (Lipinski definition) is 1. The predicted molar refractivity (Wildman–Crippen MR) is 91.1 cm³/mol. The van der Waals surface area contributed by atoms with Gasteiger partial charge in [-0.2, -0.15) is 0 Å². The smallest absolute Gasteiger partial charge is 0.223 e. The van der Waals surface area contributed by atoms with Crippen molar-refractivity contribution in [3.63, 3.8) is 0 Å². The van der Waals surface area contributed by atoms with Crippen molar-refractivity contribution in [1.29, 1.82) is 0 Å². The third-order valence-electron chi connectivity index (χ3n) is 3.26. The van der Waals surface area contributed by atoms with Crippen LogP contribution in [-0.4, -0.2) is 55.6 Å². The topological polar surface area (TPSA) is 48.5 Å². The van der Waals surface area contributed by atoms with Crippen molar-refractivity contribution in [3.8, 4) is 0 Å². The zero-order valence-electron chi connectivity index (χ0n) is 11.9. The minimum Gasteiger partial charge on any atom is -0.353 e. The molecule has 1 aromatic heterocycles. The Labute approximate surface area is 142 Å². The number of piperazine rings is 1. The van der Waals surface area contributed by atoms with Gasteiger partial charge in [0, 0.05) is 45.3 Å². The summed E-state index contributed by atoms with van der Waals surface area (Å²) in [4.78, 5) is 20.3. The molecule has 0 unspecified atom stereocenters. The molecule has 1 saturated heterocycles. The number of pyridine rings is 1. The van der Waals surface area contributed by atoms with E-state index in [1.807, 2.05) is 24.1 Å². The van der Waals surface area contributed by atoms with E-state index in [4.69, 9.17) is 11.6 Å². The maximum atomic E-state index is 11.9. The fourth-order valence-corrected chi connectivity index (χ4v) is 2.24. The Morgan fingerprint density at radius 3 is 2.48 bits per heavy atom. The molecule has 1 aliphatic heterocycles. The van der Waals surface area contributed by atoms with Gasteiger partial charge in [-0.25, -0.2) is 4.98 Å². The van der Waals surface area contributed by atoms with Gasteiger partial charge < -0.3 is 15.1 Å². The van der Waals surface area contributed by atoms with Crippen molar-refractivity contribution in [1.82, 2.24) is 15.2 Å². The maximum Gasteiger partial charge on any atom is 0.223 e. The Morgan fingerprint density at radius 2 is 1.95 bits per heavy atom. The number of rotatable bonds is 4. The highest BCUT2D eigenvalue weighted by atomic mass is 35.5. The van der Waals surface area contributed by atoms with E-state index in [0.29, 0.717) is 11.4 Å². The van der Waals surface area contributed by atoms with Gasteiger partial charge in [0.25, 0.3) is 0 Å². The molecule has 2 heterocycles. The third-order valence-corrected chi connectivity index (χ3v) is 3.48. The van der Waals surface area contributed by atoms with Gasteiger partial charge in [0.15, 0.2) is 0 Å². The van der Waals surface area contributed by atoms with E-state index in [9.17, 15) is 4.79 Å². The van der Waals surface area contributed by atoms with Gasteiger partial charge in [-0.15, -0.1) is 24.8 Å². The van der Waals surface area contributed by atoms with Crippen LogP contribution < -0.4 is 10.2 Å². The summed E-state index contributed by atoms with van der Waals surface area (Å²) in [5, 5.41) is 3.64. The predicted octanol–water partition coefficient (Wildman–Crippen LogP) is 1.84. The zero-order chi connectivity index (χ0) is 13.7. The number of amides is 1. The standard InChI is InChI=1S/C13H19ClN4O.2ClH/c1-15-5-4-13(19)18-8-6-17(7-9-18)12-3-2-11(14)10-16-12;;/h2-3,10,15H,4-9H2,1H3;2*1H. The quantitative estimate of drug-likeness (QED) is 0.895. The summed E-state index contributed by atoms with van der Waals surface area (Å²) in [6.45, 7) is 3.89. The van der Waals surface area contributed by atoms with Crippen LogP contribution in [0.25, 0.3) is 0 Å². The van der Waals surface area contributed by atoms with Gasteiger partial charge in [0.05, 0.1) is 5.02 Å². The summed E-state index contributed by atoms with van der Waals surface area (Å²) >= 11 is 5.82. The Hall–Kier alpha value is -0.750. The van der Waals surface area contributed by atoms with Gasteiger partial charge >= 0.3 is 0 Å². The van der Waals surface area contributed by atoms with Gasteiger partial charge in [-0.1, -0.05) is 11.6 Å². The molecule has 1 aliphatic rings. The molecule has 21 heavy (non-hydrogen) atoms. The maximum absolute atomic E-state index is 11.9. The van der Waals surface area contributed by atoms with Crippen LogP contribution in [-0.2, 0) is 4.79 Å². The molecule has 2 rings (SSSR count). The van der Waals surface area contributed by atoms with Gasteiger partial charge in [-0.05, 0) is 19.2 Å². The number of carbonyl (C=O) groups excluding carboxylic acids is 1. The van der Waals surface area contributed by atoms with Crippen molar-refractivity contribution < 1.29 is 4.79 Å². The van der Waals surface area contributed by atoms with Crippen molar-refractivity contribution in [3.05, 3.63) is 23.4 Å². The van der Waals surface area contributed by atoms with Crippen molar-refractivity contribution in [2.75, 3.05) is 44.7 Å². The molecule has 0 atom stereocenters. The number of anilines is 1. The average molecular weight is 356 g/mol. The minimum absolute atomic E-state index is 0. The average Bonchev–Trinajstić information content (AvgIpc) is 2.46. The summed E-state index contributed by atoms with van der Waals surface area (Å²) in [5.41, 5.74) is 0. The van der Waals surface area contributed by atoms with Gasteiger partial charge in [0.1, 0.15) is 5.82 Å². The van der Waals surface area contributed by atoms with E-state index in [2.05, 4.69) is 15.2 Å². The minimum atomic E-state index is 0. The van der Waals surface area contributed by atoms with E-state index < -0.39 is 0 Å². The van der Waals surface area contributed by atoms with Crippen LogP contribution in [0.15, 0.2) is 18.3 Å². The lowest BCUT2D eigenvalue weighted by Gasteiger charge is -2.35. The van der Waals surface area contributed by atoms with Crippen molar-refractivity contribution in [2.24, 2.45) is 0 Å². The van der Waals surface area contributed by atoms with E-state index in [1.165, 1.54) is 0 Å². The molecule has 0 saturated carbocycles. The second-order valence-electron chi connectivity index (χ2n) is 4.56. The normalized spacial score (nSPS) is 14.2. The zero-order valence-corrected chi connectivity index (χ0v) is 14.3. The van der Waals surface area contributed by atoms with Crippen molar-refractivity contribution in [2.45, 2.75) is 6.42 Å². The summed E-state index contributed by atoms with van der Waals surface area (Å²) in [7, 11) is 1.86. The fraction of sp³-hybridized carbons (Fsp3) is 0.538. The van der Waals surface area contributed by atoms with Crippen LogP contribution in [0.2, 0.25) is 5.02 Å². The second kappa shape index (κ2) is 10.1. The Kier molecular flexibility index (Phi) is 9.70. The molecular weight excluding hydrogens is 335 g/mol. The van der Waals surface area contributed by atoms with E-state index in [-0.39, 0.29) is 30.7 Å². The fourth-order valence-electron chi connectivity index (χ4n) is 2.13. The number of halogens is 3. The van der Waals surface area contributed by atoms with Gasteiger partial charge in [-0.3, -0.25) is 4.79 Å². The SMILES string of the molecule is CNCCC(=O)N1CCN(c2ccc(Cl)cn2)CC1.Cl.Cl. The molecule has 5 nitrogen and oxygen atoms in total. The lowest BCUT2D eigenvalue weighted by atomic mass is 10.2. The first kappa shape index (κ1) is 20.2. The molecule has 120 valence electrons. The molecule has 1 aromatic rings. The number of nitrogens with one attached hydrogen (secondary N) is 1. The number of hydrogen-bond acceptors (Lipinski definition) is 4. The summed E-state index contributed by atoms with van der Waals surface area (Å²) < 4.78 is 0. The number of carbonyl (C=O) groups is 1. The van der Waals surface area contributed by atoms with Crippen LogP contribution in [0.1, 0.15) is 6.42 Å². The highest BCUT2D eigenvalue weighted by Gasteiger charge is 2.21. The molecule has 0 spiro atoms. The first-order valence-corrected chi connectivity index (χ1v) is 6.87. The number of aromatic nitrogens is 1. The molecule has 0 aromatic carbocycles. The highest BCUT2D eigenvalue weighted by molar-refractivity contribution is 6.30. The first-order valence-electron chi connectivity index (χ1n) is 6.49. The van der Waals surface area contributed by atoms with Crippen LogP contribution in [0.3, 0.4) is 0 Å². The highest BCUT2D eigenvalue weighted by Crippen LogP contribution is 2.16. The third kappa shape index (κ3) is 5.87. The molecule has 1 N–H and O–H groups in total. The molecule has 0 radical (unpaired) electrons. The molecule has 1 amide bonds. The van der Waals surface area contributed by atoms with Crippen LogP contribution in [0, 0.1) is 0 Å². The van der Waals surface area contributed by atoms with Crippen LogP contribution >= 0.6 is 36.4 Å². The summed E-state index contributed by atoms with van der Waals surface area (Å²) in [5.74, 6) is 1.14. The summed E-state index contributed by atoms with van der Waals surface area (Å²) in [6, 6.07) is 3.76. The summed E-state index contributed by atoms with van der Waals surface area (Å²) in [6.07, 6.45) is 2.22. The molecule has 0 aliphatic carbocycles. The van der Waals surface area contributed by atoms with Crippen LogP contribution in [0.5, 0.6) is 0 Å². The molecule has 8 heteroatoms. The van der Waals surface area contributed by atoms with E-state index in [0.717, 1.165) is 38.5 Å². The van der Waals surface area contributed by atoms with E-state index >= 15 is 0 Å². The van der Waals surface area contributed by atoms with Gasteiger partial charge in [0.2, 0.25) is 5.91 Å². The number of nitrogens with zero attached hydrogens (tertiary/aromatic N) is 3. The van der Waals surface area contributed by atoms with E-state index in [1.54, 1.807) is 6.20 Å². The lowest BCUT2D eigenvalue weighted by molar-refractivity contribution is -0.131. The van der Waals surface area contributed by atoms with Crippen LogP contribution in [0.4, 0.5) is 5.82 Å². The molecule has 1 fully saturated rings. The van der Waals surface area contributed by atoms with Crippen molar-refractivity contribution >= 4 is 48.1 Å². The largest absolute Gasteiger partial charge is 0.353 e. The molecular formula is C13H21Cl3N4O. The monoisotopic (exact) mass is 354 g/mol.